The standard InChI is InChI=1S/C25H35N3O2/c1-3-27-19-21-12-7-8-17-28(25(21)29)22-13-9-14-23(18-22)30-24(15-16-26-2)20-10-5-4-6-11-20/h4-6,9-11,13-14,18,21,24,26-27H,3,7-8,12,15-17,19H2,1-2H3/t21?,24-/m0/s1. The van der Waals surface area contributed by atoms with Crippen LogP contribution in [0.5, 0.6) is 5.75 Å². The number of carbonyl (C=O) groups excluding carboxylic acids is 1. The van der Waals surface area contributed by atoms with Gasteiger partial charge in [0.25, 0.3) is 0 Å². The second-order valence-electron chi connectivity index (χ2n) is 7.90. The predicted molar refractivity (Wildman–Crippen MR) is 123 cm³/mol. The first-order chi connectivity index (χ1) is 14.7. The molecule has 1 saturated heterocycles. The molecule has 1 amide bonds. The average molecular weight is 410 g/mol. The van der Waals surface area contributed by atoms with Crippen LogP contribution in [0, 0.1) is 5.92 Å². The van der Waals surface area contributed by atoms with Gasteiger partial charge in [-0.2, -0.15) is 0 Å². The molecule has 0 aliphatic carbocycles. The molecule has 2 atom stereocenters. The quantitative estimate of drug-likeness (QED) is 0.619. The molecular formula is C25H35N3O2. The van der Waals surface area contributed by atoms with E-state index in [1.807, 2.05) is 54.4 Å². The molecule has 1 aliphatic rings. The molecule has 0 aromatic heterocycles. The summed E-state index contributed by atoms with van der Waals surface area (Å²) < 4.78 is 6.40. The van der Waals surface area contributed by atoms with Crippen LogP contribution in [0.3, 0.4) is 0 Å². The van der Waals surface area contributed by atoms with E-state index in [1.165, 1.54) is 0 Å². The van der Waals surface area contributed by atoms with Crippen LogP contribution in [-0.4, -0.2) is 39.1 Å². The lowest BCUT2D eigenvalue weighted by Gasteiger charge is -2.26. The Balaban J connectivity index is 1.77. The van der Waals surface area contributed by atoms with Gasteiger partial charge in [0.2, 0.25) is 5.91 Å². The highest BCUT2D eigenvalue weighted by molar-refractivity contribution is 5.95. The van der Waals surface area contributed by atoms with Crippen LogP contribution in [-0.2, 0) is 4.79 Å². The lowest BCUT2D eigenvalue weighted by Crippen LogP contribution is -2.39. The third-order valence-electron chi connectivity index (χ3n) is 5.68. The van der Waals surface area contributed by atoms with E-state index in [1.54, 1.807) is 0 Å². The fourth-order valence-corrected chi connectivity index (χ4v) is 4.00. The van der Waals surface area contributed by atoms with E-state index in [4.69, 9.17) is 4.74 Å². The lowest BCUT2D eigenvalue weighted by atomic mass is 10.0. The maximum atomic E-state index is 13.2. The Hall–Kier alpha value is -2.37. The molecule has 2 N–H and O–H groups in total. The van der Waals surface area contributed by atoms with E-state index in [2.05, 4.69) is 29.7 Å². The summed E-state index contributed by atoms with van der Waals surface area (Å²) in [4.78, 5) is 15.1. The molecule has 5 heteroatoms. The normalized spacial score (nSPS) is 18.1. The Labute approximate surface area is 180 Å². The molecule has 0 radical (unpaired) electrons. The first-order valence-corrected chi connectivity index (χ1v) is 11.2. The van der Waals surface area contributed by atoms with Crippen molar-refractivity contribution in [2.24, 2.45) is 5.92 Å². The third-order valence-corrected chi connectivity index (χ3v) is 5.68. The summed E-state index contributed by atoms with van der Waals surface area (Å²) in [5.41, 5.74) is 2.09. The monoisotopic (exact) mass is 409 g/mol. The zero-order chi connectivity index (χ0) is 21.2. The van der Waals surface area contributed by atoms with Gasteiger partial charge in [-0.15, -0.1) is 0 Å². The predicted octanol–water partition coefficient (Wildman–Crippen LogP) is 4.16. The van der Waals surface area contributed by atoms with Gasteiger partial charge in [-0.3, -0.25) is 4.79 Å². The molecule has 1 unspecified atom stereocenters. The maximum Gasteiger partial charge on any atom is 0.231 e. The smallest absolute Gasteiger partial charge is 0.231 e. The minimum Gasteiger partial charge on any atom is -0.486 e. The van der Waals surface area contributed by atoms with Crippen LogP contribution in [0.25, 0.3) is 0 Å². The molecule has 2 aromatic carbocycles. The number of ether oxygens (including phenoxy) is 1. The number of carbonyl (C=O) groups is 1. The average Bonchev–Trinajstić information content (AvgIpc) is 2.97. The van der Waals surface area contributed by atoms with Gasteiger partial charge < -0.3 is 20.3 Å². The Bertz CT molecular complexity index is 781. The second-order valence-corrected chi connectivity index (χ2v) is 7.90. The molecule has 0 bridgehead atoms. The van der Waals surface area contributed by atoms with E-state index in [0.717, 1.165) is 68.9 Å². The highest BCUT2D eigenvalue weighted by Gasteiger charge is 2.27. The van der Waals surface area contributed by atoms with Gasteiger partial charge in [-0.1, -0.05) is 49.7 Å². The zero-order valence-electron chi connectivity index (χ0n) is 18.3. The first-order valence-electron chi connectivity index (χ1n) is 11.2. The highest BCUT2D eigenvalue weighted by atomic mass is 16.5. The van der Waals surface area contributed by atoms with Crippen LogP contribution in [0.2, 0.25) is 0 Å². The Kier molecular flexibility index (Phi) is 8.72. The molecule has 0 spiro atoms. The molecule has 1 aliphatic heterocycles. The minimum absolute atomic E-state index is 0.0322. The maximum absolute atomic E-state index is 13.2. The van der Waals surface area contributed by atoms with Crippen LogP contribution >= 0.6 is 0 Å². The van der Waals surface area contributed by atoms with Crippen molar-refractivity contribution in [2.75, 3.05) is 38.1 Å². The zero-order valence-corrected chi connectivity index (χ0v) is 18.3. The van der Waals surface area contributed by atoms with Crippen molar-refractivity contribution in [1.82, 2.24) is 10.6 Å². The largest absolute Gasteiger partial charge is 0.486 e. The molecule has 2 aromatic rings. The molecule has 1 fully saturated rings. The summed E-state index contributed by atoms with van der Waals surface area (Å²) in [5.74, 6) is 1.07. The van der Waals surface area contributed by atoms with Gasteiger partial charge in [0.1, 0.15) is 11.9 Å². The molecule has 30 heavy (non-hydrogen) atoms. The number of anilines is 1. The van der Waals surface area contributed by atoms with Gasteiger partial charge in [-0.25, -0.2) is 0 Å². The van der Waals surface area contributed by atoms with Gasteiger partial charge in [0.15, 0.2) is 0 Å². The summed E-state index contributed by atoms with van der Waals surface area (Å²) in [5, 5.41) is 6.56. The van der Waals surface area contributed by atoms with Crippen LogP contribution in [0.15, 0.2) is 54.6 Å². The number of amides is 1. The number of hydrogen-bond donors (Lipinski definition) is 2. The fourth-order valence-electron chi connectivity index (χ4n) is 4.00. The van der Waals surface area contributed by atoms with Crippen molar-refractivity contribution in [3.05, 3.63) is 60.2 Å². The van der Waals surface area contributed by atoms with E-state index >= 15 is 0 Å². The van der Waals surface area contributed by atoms with Gasteiger partial charge in [-0.05, 0) is 50.7 Å². The van der Waals surface area contributed by atoms with E-state index in [0.29, 0.717) is 0 Å². The van der Waals surface area contributed by atoms with E-state index in [-0.39, 0.29) is 17.9 Å². The van der Waals surface area contributed by atoms with Crippen molar-refractivity contribution in [3.8, 4) is 5.75 Å². The van der Waals surface area contributed by atoms with Crippen molar-refractivity contribution in [2.45, 2.75) is 38.7 Å². The minimum atomic E-state index is -0.0322. The Morgan fingerprint density at radius 1 is 1.13 bits per heavy atom. The SMILES string of the molecule is CCNCC1CCCCN(c2cccc(O[C@@H](CCNC)c3ccccc3)c2)C1=O. The molecular weight excluding hydrogens is 374 g/mol. The molecule has 5 nitrogen and oxygen atoms in total. The topological polar surface area (TPSA) is 53.6 Å². The number of rotatable bonds is 10. The lowest BCUT2D eigenvalue weighted by molar-refractivity contribution is -0.122. The van der Waals surface area contributed by atoms with Gasteiger partial charge in [0, 0.05) is 31.3 Å². The van der Waals surface area contributed by atoms with Crippen LogP contribution in [0.4, 0.5) is 5.69 Å². The van der Waals surface area contributed by atoms with E-state index in [9.17, 15) is 4.79 Å². The summed E-state index contributed by atoms with van der Waals surface area (Å²) in [6, 6.07) is 18.3. The first kappa shape index (κ1) is 22.3. The molecule has 162 valence electrons. The summed E-state index contributed by atoms with van der Waals surface area (Å²) >= 11 is 0. The Morgan fingerprint density at radius 2 is 1.97 bits per heavy atom. The second kappa shape index (κ2) is 11.7. The van der Waals surface area contributed by atoms with Crippen molar-refractivity contribution in [3.63, 3.8) is 0 Å². The van der Waals surface area contributed by atoms with Gasteiger partial charge >= 0.3 is 0 Å². The van der Waals surface area contributed by atoms with E-state index < -0.39 is 0 Å². The summed E-state index contributed by atoms with van der Waals surface area (Å²) in [6.45, 7) is 5.36. The number of hydrogen-bond acceptors (Lipinski definition) is 4. The third kappa shape index (κ3) is 6.07. The van der Waals surface area contributed by atoms with Crippen molar-refractivity contribution < 1.29 is 9.53 Å². The van der Waals surface area contributed by atoms with Crippen LogP contribution in [0.1, 0.15) is 44.3 Å². The van der Waals surface area contributed by atoms with Crippen LogP contribution < -0.4 is 20.3 Å². The van der Waals surface area contributed by atoms with Gasteiger partial charge in [0.05, 0.1) is 5.92 Å². The highest BCUT2D eigenvalue weighted by Crippen LogP contribution is 2.30. The number of benzene rings is 2. The fraction of sp³-hybridized carbons (Fsp3) is 0.480. The molecule has 0 saturated carbocycles. The summed E-state index contributed by atoms with van der Waals surface area (Å²) in [6.07, 6.45) is 3.93. The van der Waals surface area contributed by atoms with Crippen molar-refractivity contribution >= 4 is 11.6 Å². The summed E-state index contributed by atoms with van der Waals surface area (Å²) in [7, 11) is 1.96. The number of nitrogens with one attached hydrogen (secondary N) is 2. The Morgan fingerprint density at radius 3 is 2.73 bits per heavy atom. The number of nitrogens with zero attached hydrogens (tertiary/aromatic N) is 1. The molecule has 1 heterocycles. The van der Waals surface area contributed by atoms with Crippen molar-refractivity contribution in [1.29, 1.82) is 0 Å². The molecule has 3 rings (SSSR count).